The number of likely N-dealkylation sites (tertiary alicyclic amines) is 1. The Balaban J connectivity index is 1.44. The fourth-order valence-electron chi connectivity index (χ4n) is 6.15. The number of aromatic nitrogens is 1. The molecule has 4 nitrogen and oxygen atoms in total. The second-order valence-corrected chi connectivity index (χ2v) is 9.61. The number of aromatic amines is 1. The summed E-state index contributed by atoms with van der Waals surface area (Å²) in [6.45, 7) is 1.37. The Labute approximate surface area is 198 Å². The van der Waals surface area contributed by atoms with Gasteiger partial charge in [0.15, 0.2) is 0 Å². The molecule has 1 aliphatic heterocycles. The molecule has 2 heterocycles. The molecule has 34 heavy (non-hydrogen) atoms. The lowest BCUT2D eigenvalue weighted by molar-refractivity contribution is 0.0501. The molecule has 0 saturated carbocycles. The van der Waals surface area contributed by atoms with Gasteiger partial charge in [-0.15, -0.1) is 0 Å². The van der Waals surface area contributed by atoms with E-state index < -0.39 is 0 Å². The number of benzene rings is 3. The zero-order chi connectivity index (χ0) is 23.3. The van der Waals surface area contributed by atoms with Gasteiger partial charge in [-0.2, -0.15) is 0 Å². The van der Waals surface area contributed by atoms with Gasteiger partial charge >= 0.3 is 0 Å². The number of rotatable bonds is 3. The maximum Gasteiger partial charge on any atom is 0.253 e. The van der Waals surface area contributed by atoms with Crippen molar-refractivity contribution in [1.82, 2.24) is 9.88 Å². The van der Waals surface area contributed by atoms with Gasteiger partial charge in [-0.3, -0.25) is 4.79 Å². The first-order chi connectivity index (χ1) is 16.6. The minimum Gasteiger partial charge on any atom is -0.497 e. The highest BCUT2D eigenvalue weighted by molar-refractivity contribution is 5.94. The summed E-state index contributed by atoms with van der Waals surface area (Å²) in [7, 11) is 1.70. The third-order valence-corrected chi connectivity index (χ3v) is 7.90. The van der Waals surface area contributed by atoms with Crippen molar-refractivity contribution in [2.45, 2.75) is 24.7 Å². The molecule has 1 amide bonds. The maximum atomic E-state index is 14.1. The van der Waals surface area contributed by atoms with Crippen LogP contribution in [0.4, 0.5) is 4.39 Å². The van der Waals surface area contributed by atoms with E-state index in [0.29, 0.717) is 13.1 Å². The van der Waals surface area contributed by atoms with Gasteiger partial charge < -0.3 is 14.6 Å². The third-order valence-electron chi connectivity index (χ3n) is 7.90. The topological polar surface area (TPSA) is 45.3 Å². The minimum atomic E-state index is -0.219. The number of amides is 1. The molecule has 2 unspecified atom stereocenters. The van der Waals surface area contributed by atoms with E-state index in [1.54, 1.807) is 13.2 Å². The van der Waals surface area contributed by atoms with Crippen molar-refractivity contribution in [2.75, 3.05) is 20.2 Å². The van der Waals surface area contributed by atoms with Crippen LogP contribution in [0.5, 0.6) is 5.75 Å². The highest BCUT2D eigenvalue weighted by Crippen LogP contribution is 2.49. The van der Waals surface area contributed by atoms with Crippen molar-refractivity contribution in [1.29, 1.82) is 0 Å². The summed E-state index contributed by atoms with van der Waals surface area (Å²) in [5, 5.41) is 0.959. The van der Waals surface area contributed by atoms with E-state index in [-0.39, 0.29) is 23.1 Å². The monoisotopic (exact) mass is 454 g/mol. The van der Waals surface area contributed by atoms with Gasteiger partial charge in [0.05, 0.1) is 7.11 Å². The van der Waals surface area contributed by atoms with Crippen molar-refractivity contribution in [3.8, 4) is 5.75 Å². The molecule has 1 saturated heterocycles. The molecular weight excluding hydrogens is 427 g/mol. The summed E-state index contributed by atoms with van der Waals surface area (Å²) in [6.07, 6.45) is 2.50. The lowest BCUT2D eigenvalue weighted by Gasteiger charge is -2.51. The zero-order valence-electron chi connectivity index (χ0n) is 19.2. The van der Waals surface area contributed by atoms with E-state index in [1.165, 1.54) is 22.9 Å². The molecule has 1 aliphatic carbocycles. The van der Waals surface area contributed by atoms with Crippen LogP contribution >= 0.6 is 0 Å². The number of halogens is 1. The summed E-state index contributed by atoms with van der Waals surface area (Å²) in [5.41, 5.74) is 5.20. The molecule has 5 heteroatoms. The van der Waals surface area contributed by atoms with Crippen LogP contribution in [0.1, 0.15) is 33.6 Å². The molecule has 1 N–H and O–H groups in total. The first-order valence-corrected chi connectivity index (χ1v) is 11.9. The molecular formula is C29H27FN2O2. The lowest BCUT2D eigenvalue weighted by atomic mass is 9.58. The number of piperidine rings is 1. The minimum absolute atomic E-state index is 0.0793. The predicted molar refractivity (Wildman–Crippen MR) is 131 cm³/mol. The number of carbonyl (C=O) groups is 1. The van der Waals surface area contributed by atoms with Crippen molar-refractivity contribution in [2.24, 2.45) is 5.92 Å². The second-order valence-electron chi connectivity index (χ2n) is 9.61. The lowest BCUT2D eigenvalue weighted by Crippen LogP contribution is -2.55. The first kappa shape index (κ1) is 21.0. The maximum absolute atomic E-state index is 14.1. The number of H-pyrrole nitrogens is 1. The highest BCUT2D eigenvalue weighted by atomic mass is 19.1. The number of hydrogen-bond donors (Lipinski definition) is 1. The van der Waals surface area contributed by atoms with E-state index in [9.17, 15) is 9.18 Å². The van der Waals surface area contributed by atoms with Gasteiger partial charge in [0.2, 0.25) is 0 Å². The Morgan fingerprint density at radius 2 is 1.94 bits per heavy atom. The van der Waals surface area contributed by atoms with E-state index in [2.05, 4.69) is 23.2 Å². The quantitative estimate of drug-likeness (QED) is 0.443. The van der Waals surface area contributed by atoms with Crippen molar-refractivity contribution < 1.29 is 13.9 Å². The highest BCUT2D eigenvalue weighted by Gasteiger charge is 2.49. The molecule has 0 radical (unpaired) electrons. The summed E-state index contributed by atoms with van der Waals surface area (Å²) in [4.78, 5) is 18.9. The largest absolute Gasteiger partial charge is 0.497 e. The summed E-state index contributed by atoms with van der Waals surface area (Å²) in [6, 6.07) is 22.9. The molecule has 1 aromatic heterocycles. The average molecular weight is 455 g/mol. The fourth-order valence-corrected chi connectivity index (χ4v) is 6.15. The molecule has 0 spiro atoms. The van der Waals surface area contributed by atoms with Crippen LogP contribution in [-0.4, -0.2) is 36.0 Å². The number of fused-ring (bicyclic) bond motifs is 4. The van der Waals surface area contributed by atoms with Crippen LogP contribution in [0, 0.1) is 11.7 Å². The van der Waals surface area contributed by atoms with E-state index in [0.717, 1.165) is 41.5 Å². The van der Waals surface area contributed by atoms with Gasteiger partial charge in [0, 0.05) is 40.7 Å². The van der Waals surface area contributed by atoms with Crippen LogP contribution in [0.15, 0.2) is 72.8 Å². The molecule has 4 aromatic rings. The molecule has 172 valence electrons. The number of hydrogen-bond acceptors (Lipinski definition) is 2. The van der Waals surface area contributed by atoms with Crippen LogP contribution in [0.25, 0.3) is 10.9 Å². The van der Waals surface area contributed by atoms with Crippen LogP contribution in [-0.2, 0) is 18.3 Å². The molecule has 3 aromatic carbocycles. The normalized spacial score (nSPS) is 21.7. The van der Waals surface area contributed by atoms with Gasteiger partial charge in [-0.1, -0.05) is 30.3 Å². The van der Waals surface area contributed by atoms with Crippen molar-refractivity contribution >= 4 is 16.8 Å². The zero-order valence-corrected chi connectivity index (χ0v) is 19.2. The predicted octanol–water partition coefficient (Wildman–Crippen LogP) is 5.51. The summed E-state index contributed by atoms with van der Waals surface area (Å²) >= 11 is 0. The standard InChI is InChI=1S/C29H27FN2O2/c1-34-23-9-5-8-20(14-23)29-12-13-32(28(33)19-6-3-2-4-7-19)18-21(29)15-24-25-16-22(30)10-11-26(25)31-27(24)17-29/h2-11,14,16,21,31H,12-13,15,17-18H2,1H3. The Bertz CT molecular complexity index is 1380. The van der Waals surface area contributed by atoms with Gasteiger partial charge in [-0.05, 0) is 78.8 Å². The second kappa shape index (κ2) is 8.01. The Morgan fingerprint density at radius 1 is 1.09 bits per heavy atom. The van der Waals surface area contributed by atoms with Crippen LogP contribution in [0.3, 0.4) is 0 Å². The Hall–Kier alpha value is -3.60. The molecule has 2 atom stereocenters. The molecule has 2 aliphatic rings. The van der Waals surface area contributed by atoms with E-state index in [4.69, 9.17) is 4.74 Å². The molecule has 6 rings (SSSR count). The van der Waals surface area contributed by atoms with E-state index >= 15 is 0 Å². The first-order valence-electron chi connectivity index (χ1n) is 11.9. The third kappa shape index (κ3) is 3.30. The SMILES string of the molecule is COc1cccc(C23CCN(C(=O)c4ccccc4)CC2Cc2c([nH]c4ccc(F)cc24)C3)c1. The number of methoxy groups -OCH3 is 1. The van der Waals surface area contributed by atoms with Gasteiger partial charge in [-0.25, -0.2) is 4.39 Å². The summed E-state index contributed by atoms with van der Waals surface area (Å²) < 4.78 is 19.7. The van der Waals surface area contributed by atoms with Crippen molar-refractivity contribution in [3.05, 3.63) is 101 Å². The smallest absolute Gasteiger partial charge is 0.253 e. The molecule has 0 bridgehead atoms. The Kier molecular flexibility index (Phi) is 4.94. The number of nitrogens with one attached hydrogen (secondary N) is 1. The average Bonchev–Trinajstić information content (AvgIpc) is 3.23. The van der Waals surface area contributed by atoms with Gasteiger partial charge in [0.25, 0.3) is 5.91 Å². The molecule has 1 fully saturated rings. The van der Waals surface area contributed by atoms with E-state index in [1.807, 2.05) is 47.4 Å². The van der Waals surface area contributed by atoms with Crippen LogP contribution < -0.4 is 4.74 Å². The summed E-state index contributed by atoms with van der Waals surface area (Å²) in [5.74, 6) is 0.924. The Morgan fingerprint density at radius 3 is 2.76 bits per heavy atom. The number of carbonyl (C=O) groups excluding carboxylic acids is 1. The fraction of sp³-hybridized carbons (Fsp3) is 0.276. The van der Waals surface area contributed by atoms with Crippen LogP contribution in [0.2, 0.25) is 0 Å². The number of ether oxygens (including phenoxy) is 1. The van der Waals surface area contributed by atoms with Gasteiger partial charge in [0.1, 0.15) is 11.6 Å². The number of nitrogens with zero attached hydrogens (tertiary/aromatic N) is 1. The van der Waals surface area contributed by atoms with Crippen molar-refractivity contribution in [3.63, 3.8) is 0 Å².